The van der Waals surface area contributed by atoms with Crippen LogP contribution in [0.1, 0.15) is 6.92 Å². The van der Waals surface area contributed by atoms with E-state index in [1.165, 1.54) is 4.57 Å². The lowest BCUT2D eigenvalue weighted by atomic mass is 10.2. The van der Waals surface area contributed by atoms with Crippen molar-refractivity contribution < 1.29 is 14.1 Å². The first-order valence-electron chi connectivity index (χ1n) is 4.88. The molecule has 15 heavy (non-hydrogen) atoms. The smallest absolute Gasteiger partial charge is 0.412 e. The summed E-state index contributed by atoms with van der Waals surface area (Å²) in [5, 5.41) is 2.13. The number of pyridine rings is 1. The minimum atomic E-state index is -0.344. The van der Waals surface area contributed by atoms with Crippen molar-refractivity contribution >= 4 is 16.9 Å². The summed E-state index contributed by atoms with van der Waals surface area (Å²) >= 11 is 0. The van der Waals surface area contributed by atoms with Crippen molar-refractivity contribution in [2.24, 2.45) is 0 Å². The fraction of sp³-hybridized carbons (Fsp3) is 0.167. The number of benzene rings is 1. The molecule has 0 saturated heterocycles. The first-order chi connectivity index (χ1) is 7.31. The Hall–Kier alpha value is -1.90. The Labute approximate surface area is 87.9 Å². The van der Waals surface area contributed by atoms with Crippen molar-refractivity contribution in [3.63, 3.8) is 0 Å². The largest absolute Gasteiger partial charge is 0.601 e. The molecule has 0 N–H and O–H groups in total. The number of carbonyl (C=O) groups is 1. The Morgan fingerprint density at radius 1 is 1.27 bits per heavy atom. The standard InChI is InChI=1S/C12H12NO2/c1-2-15-12(14)13-8-7-10-5-3-4-6-11(10)9-13/h3-9H,2H2,1H3/q+1. The van der Waals surface area contributed by atoms with E-state index in [2.05, 4.69) is 0 Å². The number of fused-ring (bicyclic) bond motifs is 1. The minimum absolute atomic E-state index is 0.344. The van der Waals surface area contributed by atoms with E-state index < -0.39 is 0 Å². The quantitative estimate of drug-likeness (QED) is 0.663. The van der Waals surface area contributed by atoms with Gasteiger partial charge in [0.05, 0.1) is 6.61 Å². The maximum Gasteiger partial charge on any atom is 0.601 e. The summed E-state index contributed by atoms with van der Waals surface area (Å²) in [5.74, 6) is 0. The van der Waals surface area contributed by atoms with Gasteiger partial charge in [0, 0.05) is 11.5 Å². The second-order valence-electron chi connectivity index (χ2n) is 3.18. The number of aromatic nitrogens is 1. The molecule has 0 unspecified atom stereocenters. The molecule has 0 amide bonds. The Morgan fingerprint density at radius 3 is 2.73 bits per heavy atom. The number of carbonyl (C=O) groups excluding carboxylic acids is 1. The van der Waals surface area contributed by atoms with Crippen LogP contribution in [0.5, 0.6) is 0 Å². The summed E-state index contributed by atoms with van der Waals surface area (Å²) in [5.41, 5.74) is 0. The molecule has 3 nitrogen and oxygen atoms in total. The molecule has 0 aliphatic heterocycles. The number of nitrogens with zero attached hydrogens (tertiary/aromatic N) is 1. The van der Waals surface area contributed by atoms with Gasteiger partial charge in [-0.1, -0.05) is 22.8 Å². The van der Waals surface area contributed by atoms with Gasteiger partial charge in [0.15, 0.2) is 12.4 Å². The maximum absolute atomic E-state index is 11.4. The minimum Gasteiger partial charge on any atom is -0.412 e. The second kappa shape index (κ2) is 4.09. The third-order valence-corrected chi connectivity index (χ3v) is 2.17. The molecule has 2 rings (SSSR count). The first-order valence-corrected chi connectivity index (χ1v) is 4.88. The highest BCUT2D eigenvalue weighted by Gasteiger charge is 2.14. The van der Waals surface area contributed by atoms with Crippen LogP contribution in [0.25, 0.3) is 10.8 Å². The van der Waals surface area contributed by atoms with Gasteiger partial charge in [-0.25, -0.2) is 0 Å². The fourth-order valence-electron chi connectivity index (χ4n) is 1.45. The van der Waals surface area contributed by atoms with Crippen LogP contribution >= 0.6 is 0 Å². The van der Waals surface area contributed by atoms with Gasteiger partial charge in [-0.2, -0.15) is 4.79 Å². The third kappa shape index (κ3) is 1.96. The normalized spacial score (nSPS) is 10.2. The average molecular weight is 202 g/mol. The number of hydrogen-bond donors (Lipinski definition) is 0. The van der Waals surface area contributed by atoms with Crippen molar-refractivity contribution in [1.29, 1.82) is 0 Å². The summed E-state index contributed by atoms with van der Waals surface area (Å²) in [6.07, 6.45) is 3.14. The van der Waals surface area contributed by atoms with Crippen LogP contribution in [0.4, 0.5) is 4.79 Å². The van der Waals surface area contributed by atoms with Crippen LogP contribution in [-0.4, -0.2) is 12.7 Å². The zero-order valence-electron chi connectivity index (χ0n) is 8.51. The molecule has 0 atom stereocenters. The molecule has 0 radical (unpaired) electrons. The molecule has 2 aromatic rings. The summed E-state index contributed by atoms with van der Waals surface area (Å²) in [6.45, 7) is 2.18. The van der Waals surface area contributed by atoms with Crippen LogP contribution in [0, 0.1) is 0 Å². The highest BCUT2D eigenvalue weighted by atomic mass is 16.5. The van der Waals surface area contributed by atoms with Crippen LogP contribution in [0.2, 0.25) is 0 Å². The molecule has 0 spiro atoms. The molecular weight excluding hydrogens is 190 g/mol. The molecule has 1 aromatic carbocycles. The molecule has 0 fully saturated rings. The van der Waals surface area contributed by atoms with Crippen molar-refractivity contribution in [2.45, 2.75) is 6.92 Å². The predicted octanol–water partition coefficient (Wildman–Crippen LogP) is 2.13. The Morgan fingerprint density at radius 2 is 2.00 bits per heavy atom. The summed E-state index contributed by atoms with van der Waals surface area (Å²) in [7, 11) is 0. The zero-order chi connectivity index (χ0) is 10.7. The predicted molar refractivity (Wildman–Crippen MR) is 56.6 cm³/mol. The molecule has 76 valence electrons. The molecule has 0 aliphatic carbocycles. The number of rotatable bonds is 1. The topological polar surface area (TPSA) is 30.2 Å². The van der Waals surface area contributed by atoms with E-state index in [4.69, 9.17) is 4.74 Å². The lowest BCUT2D eigenvalue weighted by Gasteiger charge is -1.97. The van der Waals surface area contributed by atoms with Crippen LogP contribution < -0.4 is 4.57 Å². The monoisotopic (exact) mass is 202 g/mol. The van der Waals surface area contributed by atoms with Crippen molar-refractivity contribution in [2.75, 3.05) is 6.61 Å². The van der Waals surface area contributed by atoms with Gasteiger partial charge >= 0.3 is 6.09 Å². The third-order valence-electron chi connectivity index (χ3n) is 2.17. The summed E-state index contributed by atoms with van der Waals surface area (Å²) < 4.78 is 6.35. The maximum atomic E-state index is 11.4. The number of hydrogen-bond acceptors (Lipinski definition) is 2. The summed E-state index contributed by atoms with van der Waals surface area (Å²) in [6, 6.07) is 9.77. The van der Waals surface area contributed by atoms with Gasteiger partial charge < -0.3 is 4.74 Å². The fourth-order valence-corrected chi connectivity index (χ4v) is 1.45. The Balaban J connectivity index is 2.42. The molecule has 1 heterocycles. The second-order valence-corrected chi connectivity index (χ2v) is 3.18. The zero-order valence-corrected chi connectivity index (χ0v) is 8.51. The van der Waals surface area contributed by atoms with Gasteiger partial charge in [0.25, 0.3) is 0 Å². The SMILES string of the molecule is CCOC(=O)[n+]1ccc2ccccc2c1. The molecule has 3 heteroatoms. The van der Waals surface area contributed by atoms with Crippen molar-refractivity contribution in [3.8, 4) is 0 Å². The van der Waals surface area contributed by atoms with Gasteiger partial charge in [-0.3, -0.25) is 0 Å². The molecule has 0 aliphatic rings. The summed E-state index contributed by atoms with van der Waals surface area (Å²) in [4.78, 5) is 11.4. The average Bonchev–Trinajstić information content (AvgIpc) is 2.29. The van der Waals surface area contributed by atoms with Crippen LogP contribution in [0.3, 0.4) is 0 Å². The van der Waals surface area contributed by atoms with Crippen molar-refractivity contribution in [3.05, 3.63) is 42.7 Å². The van der Waals surface area contributed by atoms with E-state index in [1.807, 2.05) is 30.3 Å². The van der Waals surface area contributed by atoms with Gasteiger partial charge in [-0.05, 0) is 18.4 Å². The number of ether oxygens (including phenoxy) is 1. The van der Waals surface area contributed by atoms with Gasteiger partial charge in [0.2, 0.25) is 0 Å². The lowest BCUT2D eigenvalue weighted by Crippen LogP contribution is -2.42. The van der Waals surface area contributed by atoms with Crippen molar-refractivity contribution in [1.82, 2.24) is 0 Å². The van der Waals surface area contributed by atoms with E-state index in [0.29, 0.717) is 6.61 Å². The van der Waals surface area contributed by atoms with E-state index in [1.54, 1.807) is 19.3 Å². The lowest BCUT2D eigenvalue weighted by molar-refractivity contribution is -0.584. The van der Waals surface area contributed by atoms with E-state index >= 15 is 0 Å². The van der Waals surface area contributed by atoms with Crippen LogP contribution in [0.15, 0.2) is 42.7 Å². The molecule has 0 bridgehead atoms. The van der Waals surface area contributed by atoms with Gasteiger partial charge in [-0.15, -0.1) is 0 Å². The van der Waals surface area contributed by atoms with E-state index in [0.717, 1.165) is 10.8 Å². The molecule has 0 saturated carbocycles. The molecular formula is C12H12NO2+. The first kappa shape index (κ1) is 9.65. The van der Waals surface area contributed by atoms with Gasteiger partial charge in [0.1, 0.15) is 0 Å². The van der Waals surface area contributed by atoms with E-state index in [9.17, 15) is 4.79 Å². The van der Waals surface area contributed by atoms with E-state index in [-0.39, 0.29) is 6.09 Å². The Kier molecular flexibility index (Phi) is 2.63. The Bertz CT molecular complexity index is 494. The van der Waals surface area contributed by atoms with Crippen LogP contribution in [-0.2, 0) is 4.74 Å². The molecule has 1 aromatic heterocycles. The highest BCUT2D eigenvalue weighted by Crippen LogP contribution is 2.09. The highest BCUT2D eigenvalue weighted by molar-refractivity contribution is 5.81.